The van der Waals surface area contributed by atoms with Gasteiger partial charge in [0.1, 0.15) is 5.75 Å². The van der Waals surface area contributed by atoms with Gasteiger partial charge in [-0.1, -0.05) is 30.3 Å². The predicted molar refractivity (Wildman–Crippen MR) is 109 cm³/mol. The maximum Gasteiger partial charge on any atom is 0.119 e. The molecular formula is C24H30O4. The Morgan fingerprint density at radius 1 is 1.11 bits per heavy atom. The maximum atomic E-state index is 10.2. The quantitative estimate of drug-likeness (QED) is 0.791. The Kier molecular flexibility index (Phi) is 5.46. The number of aryl methyl sites for hydroxylation is 1. The number of aliphatic hydroxyl groups excluding tert-OH is 2. The fourth-order valence-electron chi connectivity index (χ4n) is 4.55. The van der Waals surface area contributed by atoms with Crippen molar-refractivity contribution in [2.45, 2.75) is 63.3 Å². The highest BCUT2D eigenvalue weighted by Gasteiger charge is 2.47. The molecule has 0 spiro atoms. The molecule has 0 amide bonds. The summed E-state index contributed by atoms with van der Waals surface area (Å²) in [7, 11) is 0. The molecule has 2 aromatic rings. The largest absolute Gasteiger partial charge is 0.494 e. The molecule has 0 bridgehead atoms. The van der Waals surface area contributed by atoms with Crippen molar-refractivity contribution in [2.75, 3.05) is 13.2 Å². The molecule has 1 saturated carbocycles. The second-order valence-corrected chi connectivity index (χ2v) is 8.17. The lowest BCUT2D eigenvalue weighted by atomic mass is 9.83. The Morgan fingerprint density at radius 3 is 2.50 bits per heavy atom. The van der Waals surface area contributed by atoms with Crippen LogP contribution in [0.2, 0.25) is 0 Å². The lowest BCUT2D eigenvalue weighted by Crippen LogP contribution is -2.33. The van der Waals surface area contributed by atoms with Gasteiger partial charge in [0, 0.05) is 18.3 Å². The third-order valence-electron chi connectivity index (χ3n) is 6.20. The van der Waals surface area contributed by atoms with Crippen LogP contribution in [0.3, 0.4) is 0 Å². The summed E-state index contributed by atoms with van der Waals surface area (Å²) in [6.45, 7) is 4.79. The minimum absolute atomic E-state index is 0.0532. The molecule has 2 N–H and O–H groups in total. The summed E-state index contributed by atoms with van der Waals surface area (Å²) in [6, 6.07) is 15.0. The average Bonchev–Trinajstić information content (AvgIpc) is 3.50. The molecule has 4 heteroatoms. The molecular weight excluding hydrogens is 352 g/mol. The minimum Gasteiger partial charge on any atom is -0.494 e. The molecule has 1 saturated heterocycles. The van der Waals surface area contributed by atoms with Gasteiger partial charge in [-0.05, 0) is 61.1 Å². The molecule has 2 fully saturated rings. The van der Waals surface area contributed by atoms with Gasteiger partial charge in [0.2, 0.25) is 0 Å². The van der Waals surface area contributed by atoms with Gasteiger partial charge in [-0.3, -0.25) is 0 Å². The van der Waals surface area contributed by atoms with E-state index in [9.17, 15) is 10.2 Å². The van der Waals surface area contributed by atoms with E-state index in [0.717, 1.165) is 24.2 Å². The van der Waals surface area contributed by atoms with Crippen LogP contribution >= 0.6 is 0 Å². The predicted octanol–water partition coefficient (Wildman–Crippen LogP) is 4.05. The van der Waals surface area contributed by atoms with Gasteiger partial charge in [0.05, 0.1) is 31.5 Å². The number of hydrogen-bond donors (Lipinski definition) is 2. The summed E-state index contributed by atoms with van der Waals surface area (Å²) in [6.07, 6.45) is 2.46. The number of aliphatic hydroxyl groups is 2. The van der Waals surface area contributed by atoms with E-state index >= 15 is 0 Å². The summed E-state index contributed by atoms with van der Waals surface area (Å²) >= 11 is 0. The van der Waals surface area contributed by atoms with E-state index in [2.05, 4.69) is 49.4 Å². The van der Waals surface area contributed by atoms with Crippen LogP contribution in [0.1, 0.15) is 61.0 Å². The Morgan fingerprint density at radius 2 is 1.86 bits per heavy atom. The Bertz CT molecular complexity index is 810. The van der Waals surface area contributed by atoms with Crippen molar-refractivity contribution in [3.8, 4) is 5.75 Å². The second-order valence-electron chi connectivity index (χ2n) is 8.17. The Labute approximate surface area is 167 Å². The molecule has 2 aliphatic rings. The lowest BCUT2D eigenvalue weighted by molar-refractivity contribution is -0.113. The van der Waals surface area contributed by atoms with Gasteiger partial charge in [0.15, 0.2) is 0 Å². The average molecular weight is 383 g/mol. The topological polar surface area (TPSA) is 58.9 Å². The van der Waals surface area contributed by atoms with Gasteiger partial charge < -0.3 is 19.7 Å². The van der Waals surface area contributed by atoms with Crippen LogP contribution in [-0.4, -0.2) is 35.6 Å². The molecule has 1 aliphatic carbocycles. The molecule has 3 atom stereocenters. The van der Waals surface area contributed by atoms with Gasteiger partial charge in [-0.2, -0.15) is 0 Å². The Hall–Kier alpha value is -1.88. The molecule has 0 radical (unpaired) electrons. The maximum absolute atomic E-state index is 10.2. The van der Waals surface area contributed by atoms with E-state index in [1.165, 1.54) is 16.7 Å². The van der Waals surface area contributed by atoms with Crippen molar-refractivity contribution >= 4 is 0 Å². The smallest absolute Gasteiger partial charge is 0.119 e. The highest BCUT2D eigenvalue weighted by molar-refractivity contribution is 5.50. The van der Waals surface area contributed by atoms with Gasteiger partial charge >= 0.3 is 0 Å². The van der Waals surface area contributed by atoms with E-state index in [1.54, 1.807) is 0 Å². The molecule has 0 aromatic heterocycles. The van der Waals surface area contributed by atoms with E-state index < -0.39 is 6.10 Å². The fraction of sp³-hybridized carbons (Fsp3) is 0.500. The van der Waals surface area contributed by atoms with E-state index in [0.29, 0.717) is 19.4 Å². The first kappa shape index (κ1) is 19.4. The Balaban J connectivity index is 1.63. The standard InChI is InChI=1S/C24H30O4/c1-3-27-20-8-6-18(7-9-20)24(10-11-24)22-12-17(5-4-16(22)2)23-14-19(26)13-21(15-25)28-23/h4-9,12,19,21,23,25-26H,3,10-11,13-15H2,1-2H3. The van der Waals surface area contributed by atoms with Crippen molar-refractivity contribution in [3.63, 3.8) is 0 Å². The first-order valence-corrected chi connectivity index (χ1v) is 10.3. The van der Waals surface area contributed by atoms with Gasteiger partial charge in [0.25, 0.3) is 0 Å². The van der Waals surface area contributed by atoms with E-state index in [4.69, 9.17) is 9.47 Å². The first-order valence-electron chi connectivity index (χ1n) is 10.3. The van der Waals surface area contributed by atoms with Gasteiger partial charge in [-0.15, -0.1) is 0 Å². The lowest BCUT2D eigenvalue weighted by Gasteiger charge is -2.33. The molecule has 3 unspecified atom stereocenters. The molecule has 4 rings (SSSR count). The van der Waals surface area contributed by atoms with Crippen LogP contribution in [0.25, 0.3) is 0 Å². The number of rotatable bonds is 6. The zero-order valence-electron chi connectivity index (χ0n) is 16.7. The fourth-order valence-corrected chi connectivity index (χ4v) is 4.55. The molecule has 4 nitrogen and oxygen atoms in total. The number of benzene rings is 2. The van der Waals surface area contributed by atoms with E-state index in [-0.39, 0.29) is 24.2 Å². The highest BCUT2D eigenvalue weighted by atomic mass is 16.5. The third kappa shape index (κ3) is 3.69. The van der Waals surface area contributed by atoms with Crippen LogP contribution in [0, 0.1) is 6.92 Å². The SMILES string of the molecule is CCOc1ccc(C2(c3cc(C4CC(O)CC(CO)O4)ccc3C)CC2)cc1. The van der Waals surface area contributed by atoms with Crippen molar-refractivity contribution in [1.82, 2.24) is 0 Å². The monoisotopic (exact) mass is 382 g/mol. The first-order chi connectivity index (χ1) is 13.6. The van der Waals surface area contributed by atoms with Crippen molar-refractivity contribution in [3.05, 3.63) is 64.7 Å². The molecule has 28 heavy (non-hydrogen) atoms. The van der Waals surface area contributed by atoms with Crippen molar-refractivity contribution in [1.29, 1.82) is 0 Å². The second kappa shape index (κ2) is 7.86. The van der Waals surface area contributed by atoms with Crippen molar-refractivity contribution < 1.29 is 19.7 Å². The summed E-state index contributed by atoms with van der Waals surface area (Å²) in [5, 5.41) is 19.7. The molecule has 1 heterocycles. The van der Waals surface area contributed by atoms with Crippen LogP contribution in [0.15, 0.2) is 42.5 Å². The molecule has 2 aromatic carbocycles. The van der Waals surface area contributed by atoms with Crippen LogP contribution in [0.5, 0.6) is 5.75 Å². The van der Waals surface area contributed by atoms with Crippen molar-refractivity contribution in [2.24, 2.45) is 0 Å². The van der Waals surface area contributed by atoms with Crippen LogP contribution < -0.4 is 4.74 Å². The highest BCUT2D eigenvalue weighted by Crippen LogP contribution is 2.55. The van der Waals surface area contributed by atoms with E-state index in [1.807, 2.05) is 6.92 Å². The summed E-state index contributed by atoms with van der Waals surface area (Å²) in [5.74, 6) is 0.909. The third-order valence-corrected chi connectivity index (χ3v) is 6.20. The normalized spacial score (nSPS) is 26.1. The minimum atomic E-state index is -0.429. The summed E-state index contributed by atoms with van der Waals surface area (Å²) in [5.41, 5.74) is 5.11. The number of ether oxygens (including phenoxy) is 2. The van der Waals surface area contributed by atoms with Crippen LogP contribution in [-0.2, 0) is 10.2 Å². The zero-order chi connectivity index (χ0) is 19.7. The zero-order valence-corrected chi connectivity index (χ0v) is 16.7. The van der Waals surface area contributed by atoms with Gasteiger partial charge in [-0.25, -0.2) is 0 Å². The molecule has 1 aliphatic heterocycles. The van der Waals surface area contributed by atoms with Crippen LogP contribution in [0.4, 0.5) is 0 Å². The number of hydrogen-bond acceptors (Lipinski definition) is 4. The summed E-state index contributed by atoms with van der Waals surface area (Å²) in [4.78, 5) is 0. The molecule has 150 valence electrons. The summed E-state index contributed by atoms with van der Waals surface area (Å²) < 4.78 is 11.6.